The number of carbonyl (C=O) groups is 1. The van der Waals surface area contributed by atoms with Gasteiger partial charge in [0.05, 0.1) is 10.6 Å². The second kappa shape index (κ2) is 5.87. The molecule has 0 aromatic heterocycles. The summed E-state index contributed by atoms with van der Waals surface area (Å²) in [6.45, 7) is 3.26. The Kier molecular flexibility index (Phi) is 3.92. The van der Waals surface area contributed by atoms with Crippen LogP contribution in [0.5, 0.6) is 0 Å². The summed E-state index contributed by atoms with van der Waals surface area (Å²) in [7, 11) is 0. The van der Waals surface area contributed by atoms with Gasteiger partial charge in [0.2, 0.25) is 0 Å². The van der Waals surface area contributed by atoms with Crippen molar-refractivity contribution >= 4 is 17.5 Å². The van der Waals surface area contributed by atoms with Crippen molar-refractivity contribution in [1.29, 1.82) is 0 Å². The minimum absolute atomic E-state index is 0.0249. The van der Waals surface area contributed by atoms with E-state index in [1.54, 1.807) is 11.0 Å². The smallest absolute Gasteiger partial charge is 0.256 e. The SMILES string of the molecule is C#Cc1cc(Cl)c2c(c1)CN(Cc1ccc(CC)cc1)C2=O. The average Bonchev–Trinajstić information content (AvgIpc) is 2.84. The minimum Gasteiger partial charge on any atom is -0.330 e. The first-order valence-corrected chi connectivity index (χ1v) is 7.66. The number of amides is 1. The highest BCUT2D eigenvalue weighted by Gasteiger charge is 2.30. The maximum atomic E-state index is 12.5. The Morgan fingerprint density at radius 1 is 1.23 bits per heavy atom. The molecule has 0 radical (unpaired) electrons. The Hall–Kier alpha value is -2.24. The lowest BCUT2D eigenvalue weighted by Gasteiger charge is -2.15. The number of carbonyl (C=O) groups excluding carboxylic acids is 1. The Balaban J connectivity index is 1.84. The van der Waals surface area contributed by atoms with Gasteiger partial charge in [-0.1, -0.05) is 48.7 Å². The molecule has 0 spiro atoms. The van der Waals surface area contributed by atoms with E-state index in [1.807, 2.05) is 6.07 Å². The van der Waals surface area contributed by atoms with Gasteiger partial charge in [-0.15, -0.1) is 6.42 Å². The summed E-state index contributed by atoms with van der Waals surface area (Å²) in [4.78, 5) is 14.3. The highest BCUT2D eigenvalue weighted by atomic mass is 35.5. The van der Waals surface area contributed by atoms with Crippen LogP contribution in [-0.2, 0) is 19.5 Å². The number of benzene rings is 2. The molecule has 2 aromatic carbocycles. The molecular formula is C19H16ClNO. The van der Waals surface area contributed by atoms with Gasteiger partial charge in [0.1, 0.15) is 0 Å². The molecule has 0 saturated heterocycles. The molecule has 0 unspecified atom stereocenters. The topological polar surface area (TPSA) is 20.3 Å². The van der Waals surface area contributed by atoms with Gasteiger partial charge in [-0.05, 0) is 35.2 Å². The lowest BCUT2D eigenvalue weighted by atomic mass is 10.1. The van der Waals surface area contributed by atoms with Crippen LogP contribution in [0.3, 0.4) is 0 Å². The Morgan fingerprint density at radius 3 is 2.55 bits per heavy atom. The van der Waals surface area contributed by atoms with Gasteiger partial charge in [0, 0.05) is 18.7 Å². The number of hydrogen-bond donors (Lipinski definition) is 0. The molecule has 1 amide bonds. The molecule has 0 aliphatic carbocycles. The molecule has 2 aromatic rings. The van der Waals surface area contributed by atoms with Crippen LogP contribution in [0.25, 0.3) is 0 Å². The third kappa shape index (κ3) is 2.61. The van der Waals surface area contributed by atoms with Crippen LogP contribution in [0.4, 0.5) is 0 Å². The fourth-order valence-electron chi connectivity index (χ4n) is 2.78. The standard InChI is InChI=1S/C19H16ClNO/c1-3-13-5-7-15(8-6-13)11-21-12-16-9-14(4-2)10-17(20)18(16)19(21)22/h2,5-10H,3,11-12H2,1H3. The van der Waals surface area contributed by atoms with E-state index in [-0.39, 0.29) is 5.91 Å². The molecule has 1 aliphatic heterocycles. The van der Waals surface area contributed by atoms with Crippen molar-refractivity contribution in [3.05, 3.63) is 69.2 Å². The highest BCUT2D eigenvalue weighted by Crippen LogP contribution is 2.31. The van der Waals surface area contributed by atoms with Crippen LogP contribution in [0.15, 0.2) is 36.4 Å². The van der Waals surface area contributed by atoms with E-state index in [2.05, 4.69) is 37.1 Å². The number of nitrogens with zero attached hydrogens (tertiary/aromatic N) is 1. The van der Waals surface area contributed by atoms with Crippen LogP contribution in [0, 0.1) is 12.3 Å². The molecule has 110 valence electrons. The first kappa shape index (κ1) is 14.7. The fraction of sp³-hybridized carbons (Fsp3) is 0.211. The highest BCUT2D eigenvalue weighted by molar-refractivity contribution is 6.34. The van der Waals surface area contributed by atoms with Gasteiger partial charge in [0.15, 0.2) is 0 Å². The van der Waals surface area contributed by atoms with Gasteiger partial charge < -0.3 is 4.90 Å². The third-order valence-electron chi connectivity index (χ3n) is 4.01. The second-order valence-electron chi connectivity index (χ2n) is 5.47. The van der Waals surface area contributed by atoms with Crippen molar-refractivity contribution in [1.82, 2.24) is 4.90 Å². The van der Waals surface area contributed by atoms with Crippen molar-refractivity contribution in [2.45, 2.75) is 26.4 Å². The van der Waals surface area contributed by atoms with E-state index >= 15 is 0 Å². The van der Waals surface area contributed by atoms with Crippen LogP contribution >= 0.6 is 11.6 Å². The van der Waals surface area contributed by atoms with Crippen molar-refractivity contribution in [3.63, 3.8) is 0 Å². The van der Waals surface area contributed by atoms with Crippen LogP contribution in [0.2, 0.25) is 5.02 Å². The number of hydrogen-bond acceptors (Lipinski definition) is 1. The minimum atomic E-state index is -0.0249. The molecule has 1 heterocycles. The molecule has 3 rings (SSSR count). The average molecular weight is 310 g/mol. The molecule has 0 saturated carbocycles. The molecule has 22 heavy (non-hydrogen) atoms. The number of rotatable bonds is 3. The second-order valence-corrected chi connectivity index (χ2v) is 5.87. The lowest BCUT2D eigenvalue weighted by Crippen LogP contribution is -2.23. The number of fused-ring (bicyclic) bond motifs is 1. The summed E-state index contributed by atoms with van der Waals surface area (Å²) in [5.41, 5.74) is 4.63. The maximum Gasteiger partial charge on any atom is 0.256 e. The first-order chi connectivity index (χ1) is 10.6. The van der Waals surface area contributed by atoms with E-state index in [0.717, 1.165) is 17.5 Å². The molecule has 0 N–H and O–H groups in total. The van der Waals surface area contributed by atoms with Crippen molar-refractivity contribution in [2.75, 3.05) is 0 Å². The summed E-state index contributed by atoms with van der Waals surface area (Å²) >= 11 is 6.21. The van der Waals surface area contributed by atoms with Gasteiger partial charge >= 0.3 is 0 Å². The third-order valence-corrected chi connectivity index (χ3v) is 4.30. The van der Waals surface area contributed by atoms with E-state index < -0.39 is 0 Å². The first-order valence-electron chi connectivity index (χ1n) is 7.28. The zero-order chi connectivity index (χ0) is 15.7. The van der Waals surface area contributed by atoms with Gasteiger partial charge in [0.25, 0.3) is 5.91 Å². The maximum absolute atomic E-state index is 12.5. The summed E-state index contributed by atoms with van der Waals surface area (Å²) in [5.74, 6) is 2.55. The predicted octanol–water partition coefficient (Wildman–Crippen LogP) is 4.04. The fourth-order valence-corrected chi connectivity index (χ4v) is 3.09. The monoisotopic (exact) mass is 309 g/mol. The number of halogens is 1. The Bertz CT molecular complexity index is 771. The van der Waals surface area contributed by atoms with Crippen LogP contribution in [0.1, 0.15) is 39.5 Å². The lowest BCUT2D eigenvalue weighted by molar-refractivity contribution is 0.0767. The summed E-state index contributed by atoms with van der Waals surface area (Å²) < 4.78 is 0. The number of aryl methyl sites for hydroxylation is 1. The predicted molar refractivity (Wildman–Crippen MR) is 88.8 cm³/mol. The molecule has 0 atom stereocenters. The van der Waals surface area contributed by atoms with Crippen LogP contribution in [-0.4, -0.2) is 10.8 Å². The van der Waals surface area contributed by atoms with Crippen molar-refractivity contribution in [2.24, 2.45) is 0 Å². The Labute approximate surface area is 135 Å². The zero-order valence-corrected chi connectivity index (χ0v) is 13.2. The normalized spacial score (nSPS) is 13.1. The quantitative estimate of drug-likeness (QED) is 0.784. The van der Waals surface area contributed by atoms with Gasteiger partial charge in [-0.25, -0.2) is 0 Å². The molecule has 0 bridgehead atoms. The Morgan fingerprint density at radius 2 is 1.91 bits per heavy atom. The zero-order valence-electron chi connectivity index (χ0n) is 12.4. The van der Waals surface area contributed by atoms with E-state index in [4.69, 9.17) is 18.0 Å². The summed E-state index contributed by atoms with van der Waals surface area (Å²) in [6, 6.07) is 11.9. The molecule has 2 nitrogen and oxygen atoms in total. The molecule has 0 fully saturated rings. The molecule has 1 aliphatic rings. The van der Waals surface area contributed by atoms with E-state index in [0.29, 0.717) is 29.2 Å². The van der Waals surface area contributed by atoms with Crippen molar-refractivity contribution in [3.8, 4) is 12.3 Å². The molecular weight excluding hydrogens is 294 g/mol. The van der Waals surface area contributed by atoms with E-state index in [9.17, 15) is 4.79 Å². The summed E-state index contributed by atoms with van der Waals surface area (Å²) in [6.07, 6.45) is 6.44. The molecule has 3 heteroatoms. The number of terminal acetylenes is 1. The van der Waals surface area contributed by atoms with Crippen molar-refractivity contribution < 1.29 is 4.79 Å². The van der Waals surface area contributed by atoms with E-state index in [1.165, 1.54) is 5.56 Å². The van der Waals surface area contributed by atoms with Gasteiger partial charge in [-0.3, -0.25) is 4.79 Å². The largest absolute Gasteiger partial charge is 0.330 e. The van der Waals surface area contributed by atoms with Gasteiger partial charge in [-0.2, -0.15) is 0 Å². The van der Waals surface area contributed by atoms with Crippen LogP contribution < -0.4 is 0 Å². The summed E-state index contributed by atoms with van der Waals surface area (Å²) in [5, 5.41) is 0.444.